The van der Waals surface area contributed by atoms with Crippen LogP contribution in [0.15, 0.2) is 36.7 Å². The number of benzene rings is 1. The third-order valence-electron chi connectivity index (χ3n) is 7.31. The summed E-state index contributed by atoms with van der Waals surface area (Å²) >= 11 is 0. The Morgan fingerprint density at radius 1 is 1.09 bits per heavy atom. The Labute approximate surface area is 205 Å². The smallest absolute Gasteiger partial charge is 0.244 e. The van der Waals surface area contributed by atoms with Crippen molar-refractivity contribution in [3.8, 4) is 11.4 Å². The van der Waals surface area contributed by atoms with Gasteiger partial charge in [-0.25, -0.2) is 24.0 Å². The molecular weight excluding hydrogens is 445 g/mol. The van der Waals surface area contributed by atoms with Crippen molar-refractivity contribution in [3.63, 3.8) is 0 Å². The molecule has 0 N–H and O–H groups in total. The van der Waals surface area contributed by atoms with Crippen LogP contribution in [0.3, 0.4) is 0 Å². The molecule has 5 rings (SSSR count). The Morgan fingerprint density at radius 2 is 1.83 bits per heavy atom. The van der Waals surface area contributed by atoms with E-state index in [0.29, 0.717) is 49.4 Å². The second-order valence-corrected chi connectivity index (χ2v) is 9.70. The molecule has 2 aliphatic rings. The van der Waals surface area contributed by atoms with Crippen LogP contribution in [0.2, 0.25) is 0 Å². The van der Waals surface area contributed by atoms with Crippen molar-refractivity contribution >= 4 is 11.9 Å². The first-order valence-corrected chi connectivity index (χ1v) is 12.5. The molecule has 2 unspecified atom stereocenters. The zero-order valence-corrected chi connectivity index (χ0v) is 20.4. The van der Waals surface area contributed by atoms with Crippen molar-refractivity contribution < 1.29 is 9.18 Å². The lowest BCUT2D eigenvalue weighted by Gasteiger charge is -2.35. The van der Waals surface area contributed by atoms with Gasteiger partial charge in [-0.05, 0) is 49.1 Å². The maximum atomic E-state index is 13.8. The Balaban J connectivity index is 1.35. The molecule has 2 atom stereocenters. The number of rotatable bonds is 5. The summed E-state index contributed by atoms with van der Waals surface area (Å²) < 4.78 is 15.6. The van der Waals surface area contributed by atoms with E-state index in [1.807, 2.05) is 4.90 Å². The number of anilines is 1. The van der Waals surface area contributed by atoms with Gasteiger partial charge in [0.25, 0.3) is 0 Å². The molecule has 3 aromatic rings. The molecule has 1 saturated carbocycles. The third-order valence-corrected chi connectivity index (χ3v) is 7.31. The summed E-state index contributed by atoms with van der Waals surface area (Å²) in [4.78, 5) is 30.8. The number of piperazine rings is 1. The van der Waals surface area contributed by atoms with Crippen LogP contribution in [0, 0.1) is 18.7 Å². The van der Waals surface area contributed by atoms with Crippen LogP contribution < -0.4 is 4.90 Å². The standard InChI is InChI=1S/C26H32FN7O/c1-18-6-3-4-7-21(18)25-30-24(20-8-9-22(27)19(2)16-20)31-34(25)17-23(35)32-12-14-33(15-13-32)26-28-10-5-11-29-26/h5,8-11,16,18,21H,3-4,6-7,12-15,17H2,1-2H3. The van der Waals surface area contributed by atoms with Crippen molar-refractivity contribution in [1.82, 2.24) is 29.6 Å². The number of hydrogen-bond donors (Lipinski definition) is 0. The average Bonchev–Trinajstić information content (AvgIpc) is 3.30. The molecule has 1 aliphatic heterocycles. The van der Waals surface area contributed by atoms with E-state index in [0.717, 1.165) is 30.7 Å². The second-order valence-electron chi connectivity index (χ2n) is 9.70. The molecule has 0 radical (unpaired) electrons. The van der Waals surface area contributed by atoms with Crippen molar-refractivity contribution in [3.05, 3.63) is 53.9 Å². The number of carbonyl (C=O) groups is 1. The average molecular weight is 478 g/mol. The van der Waals surface area contributed by atoms with Gasteiger partial charge in [0.15, 0.2) is 5.82 Å². The van der Waals surface area contributed by atoms with Gasteiger partial charge in [-0.2, -0.15) is 5.10 Å². The first-order valence-electron chi connectivity index (χ1n) is 12.5. The quantitative estimate of drug-likeness (QED) is 0.556. The molecule has 1 aliphatic carbocycles. The van der Waals surface area contributed by atoms with Crippen molar-refractivity contribution in [2.45, 2.75) is 52.0 Å². The number of aryl methyl sites for hydroxylation is 1. The van der Waals surface area contributed by atoms with Crippen molar-refractivity contribution in [2.75, 3.05) is 31.1 Å². The Bertz CT molecular complexity index is 1170. The zero-order chi connectivity index (χ0) is 24.4. The predicted octanol–water partition coefficient (Wildman–Crippen LogP) is 3.83. The topological polar surface area (TPSA) is 80.0 Å². The highest BCUT2D eigenvalue weighted by Crippen LogP contribution is 2.37. The van der Waals surface area contributed by atoms with Gasteiger partial charge in [0.2, 0.25) is 11.9 Å². The lowest BCUT2D eigenvalue weighted by atomic mass is 9.80. The summed E-state index contributed by atoms with van der Waals surface area (Å²) in [5, 5.41) is 4.76. The minimum absolute atomic E-state index is 0.0371. The highest BCUT2D eigenvalue weighted by molar-refractivity contribution is 5.76. The largest absolute Gasteiger partial charge is 0.338 e. The van der Waals surface area contributed by atoms with Gasteiger partial charge in [-0.15, -0.1) is 0 Å². The monoisotopic (exact) mass is 477 g/mol. The molecule has 0 spiro atoms. The molecule has 9 heteroatoms. The molecule has 8 nitrogen and oxygen atoms in total. The van der Waals surface area contributed by atoms with Gasteiger partial charge in [-0.1, -0.05) is 26.2 Å². The van der Waals surface area contributed by atoms with E-state index in [1.165, 1.54) is 12.5 Å². The minimum atomic E-state index is -0.246. The molecule has 1 saturated heterocycles. The molecule has 184 valence electrons. The second kappa shape index (κ2) is 10.1. The maximum Gasteiger partial charge on any atom is 0.244 e. The normalized spacial score (nSPS) is 20.8. The SMILES string of the molecule is Cc1cc(-c2nc(C3CCCCC3C)n(CC(=O)N3CCN(c4ncccn4)CC3)n2)ccc1F. The molecule has 2 aromatic heterocycles. The summed E-state index contributed by atoms with van der Waals surface area (Å²) in [6.07, 6.45) is 8.05. The van der Waals surface area contributed by atoms with E-state index >= 15 is 0 Å². The number of nitrogens with zero attached hydrogens (tertiary/aromatic N) is 7. The number of hydrogen-bond acceptors (Lipinski definition) is 6. The molecule has 3 heterocycles. The summed E-state index contributed by atoms with van der Waals surface area (Å²) in [7, 11) is 0. The van der Waals surface area contributed by atoms with E-state index < -0.39 is 0 Å². The van der Waals surface area contributed by atoms with Crippen molar-refractivity contribution in [1.29, 1.82) is 0 Å². The fraction of sp³-hybridized carbons (Fsp3) is 0.500. The van der Waals surface area contributed by atoms with E-state index in [-0.39, 0.29) is 24.2 Å². The number of aromatic nitrogens is 5. The number of carbonyl (C=O) groups excluding carboxylic acids is 1. The molecule has 2 fully saturated rings. The molecule has 35 heavy (non-hydrogen) atoms. The Kier molecular flexibility index (Phi) is 6.74. The molecule has 0 bridgehead atoms. The highest BCUT2D eigenvalue weighted by atomic mass is 19.1. The molecule has 1 amide bonds. The predicted molar refractivity (Wildman–Crippen MR) is 131 cm³/mol. The van der Waals surface area contributed by atoms with Crippen LogP contribution in [0.1, 0.15) is 49.9 Å². The van der Waals surface area contributed by atoms with Crippen LogP contribution in [0.25, 0.3) is 11.4 Å². The highest BCUT2D eigenvalue weighted by Gasteiger charge is 2.30. The minimum Gasteiger partial charge on any atom is -0.338 e. The van der Waals surface area contributed by atoms with Gasteiger partial charge in [0.1, 0.15) is 18.2 Å². The lowest BCUT2D eigenvalue weighted by molar-refractivity contribution is -0.132. The zero-order valence-electron chi connectivity index (χ0n) is 20.4. The van der Waals surface area contributed by atoms with E-state index in [4.69, 9.17) is 10.1 Å². The van der Waals surface area contributed by atoms with Crippen molar-refractivity contribution in [2.24, 2.45) is 5.92 Å². The van der Waals surface area contributed by atoms with Gasteiger partial charge in [-0.3, -0.25) is 4.79 Å². The maximum absolute atomic E-state index is 13.8. The van der Waals surface area contributed by atoms with E-state index in [9.17, 15) is 9.18 Å². The van der Waals surface area contributed by atoms with Crippen LogP contribution >= 0.6 is 0 Å². The summed E-state index contributed by atoms with van der Waals surface area (Å²) in [5.41, 5.74) is 1.33. The van der Waals surface area contributed by atoms with Gasteiger partial charge < -0.3 is 9.80 Å². The van der Waals surface area contributed by atoms with Gasteiger partial charge in [0, 0.05) is 50.1 Å². The van der Waals surface area contributed by atoms with Crippen LogP contribution in [0.5, 0.6) is 0 Å². The van der Waals surface area contributed by atoms with Crippen LogP contribution in [0.4, 0.5) is 10.3 Å². The first-order chi connectivity index (χ1) is 17.0. The van der Waals surface area contributed by atoms with Crippen LogP contribution in [-0.4, -0.2) is 61.7 Å². The molecule has 1 aromatic carbocycles. The first kappa shape index (κ1) is 23.4. The number of amides is 1. The van der Waals surface area contributed by atoms with E-state index in [1.54, 1.807) is 42.2 Å². The fourth-order valence-electron chi connectivity index (χ4n) is 5.19. The van der Waals surface area contributed by atoms with Gasteiger partial charge in [0.05, 0.1) is 0 Å². The number of halogens is 1. The summed E-state index contributed by atoms with van der Waals surface area (Å²) in [5.74, 6) is 2.67. The molecular formula is C26H32FN7O. The lowest BCUT2D eigenvalue weighted by Crippen LogP contribution is -2.50. The summed E-state index contributed by atoms with van der Waals surface area (Å²) in [6, 6.07) is 6.74. The van der Waals surface area contributed by atoms with Crippen LogP contribution in [-0.2, 0) is 11.3 Å². The Hall–Kier alpha value is -3.36. The third kappa shape index (κ3) is 5.04. The fourth-order valence-corrected chi connectivity index (χ4v) is 5.19. The van der Waals surface area contributed by atoms with Gasteiger partial charge >= 0.3 is 0 Å². The van der Waals surface area contributed by atoms with E-state index in [2.05, 4.69) is 21.8 Å². The Morgan fingerprint density at radius 3 is 2.54 bits per heavy atom. The summed E-state index contributed by atoms with van der Waals surface area (Å²) in [6.45, 7) is 6.78.